The maximum Gasteiger partial charge on any atom is 0.0837 e. The Morgan fingerprint density at radius 3 is 2.95 bits per heavy atom. The van der Waals surface area contributed by atoms with E-state index in [1.54, 1.807) is 19.5 Å². The van der Waals surface area contributed by atoms with E-state index < -0.39 is 0 Å². The third-order valence-electron chi connectivity index (χ3n) is 3.04. The van der Waals surface area contributed by atoms with Crippen molar-refractivity contribution in [2.45, 2.75) is 19.5 Å². The number of methoxy groups -OCH3 is 1. The molecule has 0 aromatic carbocycles. The van der Waals surface area contributed by atoms with Gasteiger partial charge in [-0.05, 0) is 18.2 Å². The van der Waals surface area contributed by atoms with Crippen molar-refractivity contribution in [2.75, 3.05) is 20.3 Å². The fourth-order valence-electron chi connectivity index (χ4n) is 2.14. The van der Waals surface area contributed by atoms with Crippen LogP contribution in [0.15, 0.2) is 30.7 Å². The first kappa shape index (κ1) is 15.0. The number of hydrogen-bond donors (Lipinski definition) is 1. The molecule has 0 aliphatic heterocycles. The maximum atomic E-state index is 6.32. The Labute approximate surface area is 123 Å². The highest BCUT2D eigenvalue weighted by molar-refractivity contribution is 6.31. The molecule has 20 heavy (non-hydrogen) atoms. The van der Waals surface area contributed by atoms with E-state index in [1.165, 1.54) is 0 Å². The second-order valence-corrected chi connectivity index (χ2v) is 4.78. The fraction of sp³-hybridized carbons (Fsp3) is 0.429. The number of hydrogen-bond acceptors (Lipinski definition) is 4. The molecule has 1 atom stereocenters. The van der Waals surface area contributed by atoms with E-state index in [0.717, 1.165) is 17.8 Å². The molecular weight excluding hydrogens is 276 g/mol. The molecule has 0 aliphatic rings. The monoisotopic (exact) mass is 294 g/mol. The van der Waals surface area contributed by atoms with Crippen molar-refractivity contribution in [3.8, 4) is 0 Å². The van der Waals surface area contributed by atoms with Gasteiger partial charge in [0.2, 0.25) is 0 Å². The number of nitrogens with one attached hydrogen (secondary N) is 1. The first-order chi connectivity index (χ1) is 9.77. The summed E-state index contributed by atoms with van der Waals surface area (Å²) >= 11 is 6.32. The summed E-state index contributed by atoms with van der Waals surface area (Å²) in [4.78, 5) is 4.18. The molecule has 0 spiro atoms. The Bertz CT molecular complexity index is 529. The van der Waals surface area contributed by atoms with Crippen molar-refractivity contribution in [1.29, 1.82) is 0 Å². The third-order valence-corrected chi connectivity index (χ3v) is 3.33. The second kappa shape index (κ2) is 7.38. The average Bonchev–Trinajstić information content (AvgIpc) is 2.84. The van der Waals surface area contributed by atoms with Crippen LogP contribution in [0.3, 0.4) is 0 Å². The summed E-state index contributed by atoms with van der Waals surface area (Å²) < 4.78 is 7.00. The van der Waals surface area contributed by atoms with Crippen LogP contribution in [0.2, 0.25) is 5.02 Å². The fourth-order valence-corrected chi connectivity index (χ4v) is 2.39. The van der Waals surface area contributed by atoms with Crippen molar-refractivity contribution < 1.29 is 4.74 Å². The van der Waals surface area contributed by atoms with Crippen LogP contribution < -0.4 is 5.32 Å². The molecule has 2 aromatic heterocycles. The van der Waals surface area contributed by atoms with Crippen LogP contribution in [0.25, 0.3) is 0 Å². The third kappa shape index (κ3) is 3.36. The Kier molecular flexibility index (Phi) is 5.52. The Balaban J connectivity index is 2.36. The lowest BCUT2D eigenvalue weighted by Crippen LogP contribution is -2.26. The van der Waals surface area contributed by atoms with E-state index in [1.807, 2.05) is 23.0 Å². The van der Waals surface area contributed by atoms with Gasteiger partial charge in [-0.3, -0.25) is 9.67 Å². The van der Waals surface area contributed by atoms with Crippen LogP contribution in [0.5, 0.6) is 0 Å². The maximum absolute atomic E-state index is 6.32. The Hall–Kier alpha value is -1.43. The molecule has 5 nitrogen and oxygen atoms in total. The minimum absolute atomic E-state index is 0.0273. The van der Waals surface area contributed by atoms with Crippen molar-refractivity contribution >= 4 is 11.6 Å². The van der Waals surface area contributed by atoms with Gasteiger partial charge in [0.15, 0.2) is 0 Å². The first-order valence-corrected chi connectivity index (χ1v) is 6.99. The molecular formula is C14H19ClN4O. The molecule has 0 radical (unpaired) electrons. The van der Waals surface area contributed by atoms with Gasteiger partial charge in [-0.25, -0.2) is 0 Å². The number of rotatable bonds is 7. The predicted molar refractivity (Wildman–Crippen MR) is 78.9 cm³/mol. The minimum Gasteiger partial charge on any atom is -0.383 e. The number of ether oxygens (including phenoxy) is 1. The zero-order valence-electron chi connectivity index (χ0n) is 11.7. The van der Waals surface area contributed by atoms with Crippen LogP contribution >= 0.6 is 11.6 Å². The number of halogens is 1. The lowest BCUT2D eigenvalue weighted by Gasteiger charge is -2.20. The highest BCUT2D eigenvalue weighted by atomic mass is 35.5. The van der Waals surface area contributed by atoms with Gasteiger partial charge in [0.1, 0.15) is 0 Å². The van der Waals surface area contributed by atoms with E-state index in [2.05, 4.69) is 22.3 Å². The van der Waals surface area contributed by atoms with E-state index in [-0.39, 0.29) is 6.04 Å². The molecule has 1 N–H and O–H groups in total. The number of aromatic nitrogens is 3. The van der Waals surface area contributed by atoms with Gasteiger partial charge in [0.25, 0.3) is 0 Å². The first-order valence-electron chi connectivity index (χ1n) is 6.61. The van der Waals surface area contributed by atoms with Gasteiger partial charge < -0.3 is 10.1 Å². The van der Waals surface area contributed by atoms with E-state index in [9.17, 15) is 0 Å². The molecule has 1 unspecified atom stereocenters. The highest BCUT2D eigenvalue weighted by Crippen LogP contribution is 2.27. The van der Waals surface area contributed by atoms with Crippen molar-refractivity contribution in [2.24, 2.45) is 0 Å². The summed E-state index contributed by atoms with van der Waals surface area (Å²) in [6, 6.07) is 3.92. The summed E-state index contributed by atoms with van der Waals surface area (Å²) in [5.41, 5.74) is 2.01. The minimum atomic E-state index is -0.0273. The van der Waals surface area contributed by atoms with Gasteiger partial charge in [0, 0.05) is 19.5 Å². The van der Waals surface area contributed by atoms with E-state index in [0.29, 0.717) is 18.2 Å². The van der Waals surface area contributed by atoms with Gasteiger partial charge in [0.05, 0.1) is 36.1 Å². The molecule has 2 aromatic rings. The summed E-state index contributed by atoms with van der Waals surface area (Å²) in [7, 11) is 1.67. The Morgan fingerprint density at radius 1 is 1.45 bits per heavy atom. The topological polar surface area (TPSA) is 52.0 Å². The average molecular weight is 295 g/mol. The van der Waals surface area contributed by atoms with Crippen LogP contribution in [0, 0.1) is 0 Å². The molecule has 108 valence electrons. The lowest BCUT2D eigenvalue weighted by atomic mass is 10.1. The lowest BCUT2D eigenvalue weighted by molar-refractivity contribution is 0.182. The van der Waals surface area contributed by atoms with Crippen LogP contribution in [-0.2, 0) is 11.3 Å². The van der Waals surface area contributed by atoms with Gasteiger partial charge in [-0.2, -0.15) is 5.10 Å². The predicted octanol–water partition coefficient (Wildman–Crippen LogP) is 2.28. The zero-order valence-corrected chi connectivity index (χ0v) is 12.5. The van der Waals surface area contributed by atoms with Gasteiger partial charge in [-0.15, -0.1) is 0 Å². The smallest absolute Gasteiger partial charge is 0.0837 e. The van der Waals surface area contributed by atoms with Crippen LogP contribution in [0.1, 0.15) is 24.2 Å². The molecule has 0 bridgehead atoms. The molecule has 0 saturated carbocycles. The summed E-state index contributed by atoms with van der Waals surface area (Å²) in [6.07, 6.45) is 5.28. The number of pyridine rings is 1. The van der Waals surface area contributed by atoms with Gasteiger partial charge >= 0.3 is 0 Å². The van der Waals surface area contributed by atoms with E-state index in [4.69, 9.17) is 16.3 Å². The molecule has 2 heterocycles. The molecule has 6 heteroatoms. The second-order valence-electron chi connectivity index (χ2n) is 4.37. The van der Waals surface area contributed by atoms with Crippen molar-refractivity contribution in [3.05, 3.63) is 47.0 Å². The molecule has 0 amide bonds. The standard InChI is InChI=1S/C14H19ClN4O/c1-3-17-13(11-5-4-6-16-9-11)14-12(15)10-18-19(14)7-8-20-2/h4-6,9-10,13,17H,3,7-8H2,1-2H3. The van der Waals surface area contributed by atoms with Crippen LogP contribution in [0.4, 0.5) is 0 Å². The summed E-state index contributed by atoms with van der Waals surface area (Å²) in [5.74, 6) is 0. The molecule has 2 rings (SSSR count). The number of nitrogens with zero attached hydrogens (tertiary/aromatic N) is 3. The molecule has 0 aliphatic carbocycles. The van der Waals surface area contributed by atoms with Gasteiger partial charge in [-0.1, -0.05) is 24.6 Å². The summed E-state index contributed by atoms with van der Waals surface area (Å²) in [5, 5.41) is 8.41. The van der Waals surface area contributed by atoms with Crippen LogP contribution in [-0.4, -0.2) is 35.0 Å². The van der Waals surface area contributed by atoms with Crippen molar-refractivity contribution in [1.82, 2.24) is 20.1 Å². The Morgan fingerprint density at radius 2 is 2.30 bits per heavy atom. The largest absolute Gasteiger partial charge is 0.383 e. The molecule has 0 fully saturated rings. The highest BCUT2D eigenvalue weighted by Gasteiger charge is 2.21. The quantitative estimate of drug-likeness (QED) is 0.851. The van der Waals surface area contributed by atoms with Crippen molar-refractivity contribution in [3.63, 3.8) is 0 Å². The zero-order chi connectivity index (χ0) is 14.4. The molecule has 0 saturated heterocycles. The van der Waals surface area contributed by atoms with E-state index >= 15 is 0 Å². The normalized spacial score (nSPS) is 12.6. The summed E-state index contributed by atoms with van der Waals surface area (Å²) in [6.45, 7) is 4.15. The SMILES string of the molecule is CCNC(c1cccnc1)c1c(Cl)cnn1CCOC.